The van der Waals surface area contributed by atoms with Gasteiger partial charge >= 0.3 is 5.97 Å². The number of carbonyl (C=O) groups excluding carboxylic acids is 2. The zero-order chi connectivity index (χ0) is 28.0. The van der Waals surface area contributed by atoms with E-state index >= 15 is 0 Å². The summed E-state index contributed by atoms with van der Waals surface area (Å²) in [6.45, 7) is 4.35. The van der Waals surface area contributed by atoms with Gasteiger partial charge in [-0.05, 0) is 61.4 Å². The van der Waals surface area contributed by atoms with E-state index in [9.17, 15) is 9.59 Å². The smallest absolute Gasteiger partial charge is 0.311 e. The van der Waals surface area contributed by atoms with Crippen LogP contribution in [0.3, 0.4) is 0 Å². The summed E-state index contributed by atoms with van der Waals surface area (Å²) in [4.78, 5) is 24.3. The van der Waals surface area contributed by atoms with E-state index in [2.05, 4.69) is 24.1 Å². The minimum absolute atomic E-state index is 0.162. The summed E-state index contributed by atoms with van der Waals surface area (Å²) >= 11 is 0. The third kappa shape index (κ3) is 15.4. The molecule has 0 aliphatic rings. The van der Waals surface area contributed by atoms with Gasteiger partial charge in [0.25, 0.3) is 0 Å². The highest BCUT2D eigenvalue weighted by molar-refractivity contribution is 5.96. The molecule has 5 heteroatoms. The second kappa shape index (κ2) is 21.1. The summed E-state index contributed by atoms with van der Waals surface area (Å²) in [7, 11) is 0. The van der Waals surface area contributed by atoms with Crippen LogP contribution >= 0.6 is 0 Å². The third-order valence-corrected chi connectivity index (χ3v) is 7.03. The fourth-order valence-corrected chi connectivity index (χ4v) is 4.54. The molecule has 5 nitrogen and oxygen atoms in total. The summed E-state index contributed by atoms with van der Waals surface area (Å²) < 4.78 is 5.47. The average Bonchev–Trinajstić information content (AvgIpc) is 2.96. The Hall–Kier alpha value is -2.82. The Bertz CT molecular complexity index is 951. The first-order valence-corrected chi connectivity index (χ1v) is 15.5. The highest BCUT2D eigenvalue weighted by Crippen LogP contribution is 2.22. The third-order valence-electron chi connectivity index (χ3n) is 7.03. The number of nitrogens with zero attached hydrogens (tertiary/aromatic N) is 2. The van der Waals surface area contributed by atoms with Crippen molar-refractivity contribution in [2.75, 3.05) is 0 Å². The monoisotopic (exact) mass is 534 g/mol. The van der Waals surface area contributed by atoms with Crippen molar-refractivity contribution < 1.29 is 14.3 Å². The number of rotatable bonds is 22. The molecule has 214 valence electrons. The highest BCUT2D eigenvalue weighted by atomic mass is 16.5. The van der Waals surface area contributed by atoms with Crippen LogP contribution in [0, 0.1) is 0 Å². The Morgan fingerprint density at radius 3 is 1.46 bits per heavy atom. The number of hydrogen-bond acceptors (Lipinski definition) is 5. The molecule has 0 heterocycles. The van der Waals surface area contributed by atoms with Gasteiger partial charge in [-0.3, -0.25) is 9.59 Å². The van der Waals surface area contributed by atoms with Gasteiger partial charge in [0.05, 0.1) is 11.4 Å². The molecular weight excluding hydrogens is 484 g/mol. The number of ether oxygens (including phenoxy) is 1. The van der Waals surface area contributed by atoms with Crippen molar-refractivity contribution in [2.45, 2.75) is 129 Å². The lowest BCUT2D eigenvalue weighted by molar-refractivity contribution is -0.134. The van der Waals surface area contributed by atoms with E-state index < -0.39 is 0 Å². The largest absolute Gasteiger partial charge is 0.427 e. The maximum atomic E-state index is 12.2. The van der Waals surface area contributed by atoms with Gasteiger partial charge < -0.3 is 4.74 Å². The lowest BCUT2D eigenvalue weighted by Crippen LogP contribution is -2.07. The number of azo groups is 1. The summed E-state index contributed by atoms with van der Waals surface area (Å²) in [5, 5.41) is 8.48. The van der Waals surface area contributed by atoms with E-state index in [-0.39, 0.29) is 11.8 Å². The average molecular weight is 535 g/mol. The molecule has 0 saturated heterocycles. The second-order valence-corrected chi connectivity index (χ2v) is 10.6. The molecule has 0 aromatic heterocycles. The molecule has 0 spiro atoms. The molecule has 0 radical (unpaired) electrons. The van der Waals surface area contributed by atoms with Crippen molar-refractivity contribution in [3.05, 3.63) is 54.1 Å². The molecule has 0 aliphatic carbocycles. The minimum atomic E-state index is -0.183. The van der Waals surface area contributed by atoms with Crippen LogP contribution in [0.5, 0.6) is 5.75 Å². The van der Waals surface area contributed by atoms with Crippen LogP contribution in [0.25, 0.3) is 0 Å². The molecule has 0 unspecified atom stereocenters. The van der Waals surface area contributed by atoms with Crippen LogP contribution in [0.2, 0.25) is 0 Å². The van der Waals surface area contributed by atoms with Gasteiger partial charge in [0.1, 0.15) is 5.75 Å². The predicted octanol–water partition coefficient (Wildman–Crippen LogP) is 11.3. The van der Waals surface area contributed by atoms with Crippen molar-refractivity contribution in [3.63, 3.8) is 0 Å². The maximum Gasteiger partial charge on any atom is 0.311 e. The Kier molecular flexibility index (Phi) is 17.5. The van der Waals surface area contributed by atoms with Gasteiger partial charge in [0.15, 0.2) is 5.78 Å². The molecule has 0 bridgehead atoms. The van der Waals surface area contributed by atoms with E-state index in [1.165, 1.54) is 77.0 Å². The fraction of sp³-hybridized carbons (Fsp3) is 0.588. The maximum absolute atomic E-state index is 12.2. The number of unbranched alkanes of at least 4 members (excludes halogenated alkanes) is 14. The molecule has 0 fully saturated rings. The van der Waals surface area contributed by atoms with E-state index in [1.54, 1.807) is 48.5 Å². The standard InChI is InChI=1S/C34H50N2O3/c1-3-5-7-8-9-10-11-12-13-14-15-16-17-18-20-34(38)39-32-27-25-31(26-28-32)36-35-30-23-21-29(22-24-30)33(37)19-6-4-2/h21-28H,3-20H2,1-2H3. The summed E-state index contributed by atoms with van der Waals surface area (Å²) in [5.41, 5.74) is 2.07. The summed E-state index contributed by atoms with van der Waals surface area (Å²) in [6, 6.07) is 14.2. The number of Topliss-reactive ketones (excluding diaryl/α,β-unsaturated/α-hetero) is 1. The van der Waals surface area contributed by atoms with Crippen LogP contribution in [0.15, 0.2) is 58.8 Å². The molecular formula is C34H50N2O3. The molecule has 2 rings (SSSR count). The normalized spacial score (nSPS) is 11.2. The molecule has 0 amide bonds. The van der Waals surface area contributed by atoms with Gasteiger partial charge in [0.2, 0.25) is 0 Å². The van der Waals surface area contributed by atoms with Gasteiger partial charge in [-0.15, -0.1) is 0 Å². The van der Waals surface area contributed by atoms with Crippen molar-refractivity contribution >= 4 is 23.1 Å². The number of esters is 1. The van der Waals surface area contributed by atoms with Gasteiger partial charge in [-0.1, -0.05) is 104 Å². The fourth-order valence-electron chi connectivity index (χ4n) is 4.54. The lowest BCUT2D eigenvalue weighted by atomic mass is 10.0. The van der Waals surface area contributed by atoms with Crippen LogP contribution in [-0.2, 0) is 4.79 Å². The Balaban J connectivity index is 1.54. The second-order valence-electron chi connectivity index (χ2n) is 10.6. The zero-order valence-electron chi connectivity index (χ0n) is 24.5. The van der Waals surface area contributed by atoms with Crippen molar-refractivity contribution in [2.24, 2.45) is 10.2 Å². The highest BCUT2D eigenvalue weighted by Gasteiger charge is 2.06. The van der Waals surface area contributed by atoms with Crippen molar-refractivity contribution in [3.8, 4) is 5.75 Å². The molecule has 2 aromatic rings. The topological polar surface area (TPSA) is 68.1 Å². The molecule has 0 saturated carbocycles. The van der Waals surface area contributed by atoms with Gasteiger partial charge in [0, 0.05) is 18.4 Å². The molecule has 0 aliphatic heterocycles. The Labute approximate surface area is 236 Å². The first-order chi connectivity index (χ1) is 19.1. The van der Waals surface area contributed by atoms with E-state index in [4.69, 9.17) is 4.74 Å². The quantitative estimate of drug-likeness (QED) is 0.0496. The number of ketones is 1. The Morgan fingerprint density at radius 2 is 0.974 bits per heavy atom. The van der Waals surface area contributed by atoms with E-state index in [0.717, 1.165) is 25.7 Å². The van der Waals surface area contributed by atoms with Gasteiger partial charge in [-0.25, -0.2) is 0 Å². The predicted molar refractivity (Wildman–Crippen MR) is 161 cm³/mol. The van der Waals surface area contributed by atoms with E-state index in [1.807, 2.05) is 0 Å². The van der Waals surface area contributed by atoms with Crippen LogP contribution in [0.4, 0.5) is 11.4 Å². The lowest BCUT2D eigenvalue weighted by Gasteiger charge is -2.05. The molecule has 2 aromatic carbocycles. The SMILES string of the molecule is CCCCCCCCCCCCCCCCC(=O)Oc1ccc(N=Nc2ccc(C(=O)CCCC)cc2)cc1. The summed E-state index contributed by atoms with van der Waals surface area (Å²) in [5.74, 6) is 0.506. The number of hydrogen-bond donors (Lipinski definition) is 0. The molecule has 39 heavy (non-hydrogen) atoms. The van der Waals surface area contributed by atoms with Crippen molar-refractivity contribution in [1.82, 2.24) is 0 Å². The first kappa shape index (κ1) is 32.4. The number of benzene rings is 2. The van der Waals surface area contributed by atoms with Crippen molar-refractivity contribution in [1.29, 1.82) is 0 Å². The molecule has 0 N–H and O–H groups in total. The summed E-state index contributed by atoms with van der Waals surface area (Å²) in [6.07, 6.45) is 21.1. The van der Waals surface area contributed by atoms with Crippen LogP contribution in [0.1, 0.15) is 140 Å². The number of carbonyl (C=O) groups is 2. The zero-order valence-corrected chi connectivity index (χ0v) is 24.5. The first-order valence-electron chi connectivity index (χ1n) is 15.5. The van der Waals surface area contributed by atoms with E-state index in [0.29, 0.717) is 35.5 Å². The van der Waals surface area contributed by atoms with Crippen LogP contribution in [-0.4, -0.2) is 11.8 Å². The van der Waals surface area contributed by atoms with Gasteiger partial charge in [-0.2, -0.15) is 10.2 Å². The Morgan fingerprint density at radius 1 is 0.538 bits per heavy atom. The minimum Gasteiger partial charge on any atom is -0.427 e. The van der Waals surface area contributed by atoms with Crippen LogP contribution < -0.4 is 4.74 Å². The molecule has 0 atom stereocenters.